The lowest BCUT2D eigenvalue weighted by Gasteiger charge is -2.52. The van der Waals surface area contributed by atoms with E-state index in [1.54, 1.807) is 0 Å². The van der Waals surface area contributed by atoms with Crippen LogP contribution in [0.15, 0.2) is 0 Å². The first kappa shape index (κ1) is 89.5. The van der Waals surface area contributed by atoms with Crippen LogP contribution in [-0.2, 0) is 4.74 Å². The summed E-state index contributed by atoms with van der Waals surface area (Å²) in [6.07, 6.45) is 108. The van der Waals surface area contributed by atoms with Crippen LogP contribution in [0.4, 0.5) is 0 Å². The van der Waals surface area contributed by atoms with Crippen LogP contribution in [0.3, 0.4) is 0 Å². The van der Waals surface area contributed by atoms with Gasteiger partial charge < -0.3 is 4.74 Å². The van der Waals surface area contributed by atoms with Gasteiger partial charge in [-0.05, 0) is 55.1 Å². The SMILES string of the molecule is CCCCCCCCCCCCCCCCCOC(S)=S(CCCCCCCCCCCCCCCCC)(CCCCCCCCCCCCCCCCC)(CCCCCCCCCCCCCCCCC)CCCCCCCCCCCCCCCCC. The largest absolute Gasteiger partial charge is 0.336 e. The maximum atomic E-state index is 7.35. The fraction of sp³-hybridized carbons (Fsp3) is 0.988. The molecule has 0 N–H and O–H groups in total. The Kier molecular flexibility index (Phi) is 76.4. The summed E-state index contributed by atoms with van der Waals surface area (Å²) in [5.74, 6) is 5.73. The molecule has 0 aliphatic heterocycles. The van der Waals surface area contributed by atoms with Gasteiger partial charge in [0.1, 0.15) is 4.38 Å². The molecule has 0 aliphatic carbocycles. The third kappa shape index (κ3) is 63.1. The second-order valence-corrected chi connectivity index (χ2v) is 36.8. The summed E-state index contributed by atoms with van der Waals surface area (Å²) in [5.41, 5.74) is 0. The summed E-state index contributed by atoms with van der Waals surface area (Å²) in [5, 5.41) is 0. The molecular formula is C86H176OS2. The van der Waals surface area contributed by atoms with Crippen LogP contribution in [0.2, 0.25) is 0 Å². The van der Waals surface area contributed by atoms with Crippen molar-refractivity contribution in [2.24, 2.45) is 0 Å². The molecule has 0 rings (SSSR count). The van der Waals surface area contributed by atoms with E-state index < -0.39 is 8.75 Å². The van der Waals surface area contributed by atoms with Crippen LogP contribution in [-0.4, -0.2) is 34.0 Å². The summed E-state index contributed by atoms with van der Waals surface area (Å²) in [6.45, 7) is 12.6. The third-order valence-electron chi connectivity index (χ3n) is 21.6. The van der Waals surface area contributed by atoms with Crippen LogP contribution in [0, 0.1) is 0 Å². The van der Waals surface area contributed by atoms with Gasteiger partial charge in [-0.3, -0.25) is 0 Å². The van der Waals surface area contributed by atoms with E-state index in [9.17, 15) is 0 Å². The van der Waals surface area contributed by atoms with Crippen molar-refractivity contribution in [1.29, 1.82) is 0 Å². The molecule has 0 aromatic rings. The van der Waals surface area contributed by atoms with Crippen molar-refractivity contribution in [2.75, 3.05) is 29.6 Å². The highest BCUT2D eigenvalue weighted by Gasteiger charge is 2.36. The monoisotopic (exact) mass is 1290 g/mol. The van der Waals surface area contributed by atoms with Crippen LogP contribution in [0.25, 0.3) is 0 Å². The Morgan fingerprint density at radius 3 is 0.416 bits per heavy atom. The van der Waals surface area contributed by atoms with Gasteiger partial charge in [0.2, 0.25) is 0 Å². The van der Waals surface area contributed by atoms with Gasteiger partial charge in [0, 0.05) is 0 Å². The second-order valence-electron chi connectivity index (χ2n) is 30.5. The molecule has 0 fully saturated rings. The van der Waals surface area contributed by atoms with E-state index in [0.29, 0.717) is 0 Å². The molecule has 0 saturated carbocycles. The minimum absolute atomic E-state index is 0.915. The van der Waals surface area contributed by atoms with Crippen LogP contribution >= 0.6 is 21.4 Å². The molecule has 1 nitrogen and oxygen atoms in total. The molecule has 538 valence electrons. The van der Waals surface area contributed by atoms with E-state index in [1.165, 1.54) is 509 Å². The zero-order chi connectivity index (χ0) is 64.3. The molecule has 0 aromatic heterocycles. The number of thiol groups is 1. The molecule has 3 heteroatoms. The highest BCUT2D eigenvalue weighted by Crippen LogP contribution is 2.64. The Balaban J connectivity index is 6.19. The van der Waals surface area contributed by atoms with E-state index >= 15 is 0 Å². The average molecular weight is 1290 g/mol. The Morgan fingerprint density at radius 2 is 0.281 bits per heavy atom. The van der Waals surface area contributed by atoms with Crippen molar-refractivity contribution >= 4 is 25.8 Å². The summed E-state index contributed by atoms with van der Waals surface area (Å²) < 4.78 is 8.68. The number of rotatable bonds is 80. The van der Waals surface area contributed by atoms with Gasteiger partial charge in [-0.25, -0.2) is 8.75 Å². The van der Waals surface area contributed by atoms with E-state index in [2.05, 4.69) is 34.6 Å². The standard InChI is InChI=1S/C86H176OS2/c1-6-11-16-21-26-31-36-41-46-51-56-61-66-71-76-81-87-86(88)89(82-77-72-67-62-57-52-47-42-37-32-27-22-17-12-7-2,83-78-73-68-63-58-53-48-43-38-33-28-23-18-13-8-3,84-79-74-69-64-59-54-49-44-39-34-29-24-19-14-9-4)85-80-75-70-65-60-55-50-45-40-35-30-25-20-15-10-5/h88H,6-85H2,1-5H3. The first-order chi connectivity index (χ1) is 44.0. The van der Waals surface area contributed by atoms with Crippen molar-refractivity contribution in [1.82, 2.24) is 0 Å². The van der Waals surface area contributed by atoms with Gasteiger partial charge in [0.15, 0.2) is 0 Å². The first-order valence-electron chi connectivity index (χ1n) is 43.1. The Hall–Kier alpha value is 0.530. The minimum atomic E-state index is -2.08. The smallest absolute Gasteiger partial charge is 0.116 e. The minimum Gasteiger partial charge on any atom is -0.336 e. The summed E-state index contributed by atoms with van der Waals surface area (Å²) in [4.78, 5) is 0. The molecule has 0 radical (unpaired) electrons. The second kappa shape index (κ2) is 75.9. The summed E-state index contributed by atoms with van der Waals surface area (Å²) >= 11 is 5.87. The Bertz CT molecular complexity index is 1200. The van der Waals surface area contributed by atoms with Gasteiger partial charge in [-0.1, -0.05) is 484 Å². The van der Waals surface area contributed by atoms with Crippen LogP contribution < -0.4 is 0 Å². The fourth-order valence-corrected chi connectivity index (χ4v) is 22.5. The molecule has 0 atom stereocenters. The lowest BCUT2D eigenvalue weighted by Crippen LogP contribution is -2.31. The number of hydrogen-bond donors (Lipinski definition) is 1. The zero-order valence-corrected chi connectivity index (χ0v) is 65.0. The van der Waals surface area contributed by atoms with E-state index in [4.69, 9.17) is 17.4 Å². The van der Waals surface area contributed by atoms with Crippen molar-refractivity contribution in [3.63, 3.8) is 0 Å². The Labute approximate surface area is 572 Å². The maximum Gasteiger partial charge on any atom is 0.116 e. The zero-order valence-electron chi connectivity index (χ0n) is 63.3. The molecule has 0 saturated heterocycles. The molecular weight excluding hydrogens is 1110 g/mol. The average Bonchev–Trinajstić information content (AvgIpc) is 1.02. The highest BCUT2D eigenvalue weighted by molar-refractivity contribution is 8.52. The number of unbranched alkanes of at least 4 members (excludes halogenated alkanes) is 70. The molecule has 89 heavy (non-hydrogen) atoms. The van der Waals surface area contributed by atoms with E-state index in [-0.39, 0.29) is 0 Å². The quantitative estimate of drug-likeness (QED) is 0.0363. The van der Waals surface area contributed by atoms with Crippen molar-refractivity contribution < 1.29 is 4.74 Å². The van der Waals surface area contributed by atoms with Crippen molar-refractivity contribution in [3.8, 4) is 0 Å². The summed E-state index contributed by atoms with van der Waals surface area (Å²) in [7, 11) is -2.08. The molecule has 0 amide bonds. The van der Waals surface area contributed by atoms with Crippen LogP contribution in [0.5, 0.6) is 0 Å². The molecule has 0 aromatic carbocycles. The molecule has 0 bridgehead atoms. The normalized spacial score (nSPS) is 12.4. The van der Waals surface area contributed by atoms with Gasteiger partial charge >= 0.3 is 0 Å². The molecule has 0 aliphatic rings. The van der Waals surface area contributed by atoms with E-state index in [0.717, 1.165) is 6.61 Å². The molecule has 0 unspecified atom stereocenters. The molecule has 0 spiro atoms. The van der Waals surface area contributed by atoms with Gasteiger partial charge in [-0.15, -0.1) is 12.6 Å². The van der Waals surface area contributed by atoms with E-state index in [1.807, 2.05) is 0 Å². The highest BCUT2D eigenvalue weighted by atomic mass is 32.3. The predicted octanol–water partition coefficient (Wildman–Crippen LogP) is 32.7. The van der Waals surface area contributed by atoms with Gasteiger partial charge in [0.25, 0.3) is 0 Å². The summed E-state index contributed by atoms with van der Waals surface area (Å²) in [6, 6.07) is 0. The number of hydrogen-bond acceptors (Lipinski definition) is 1. The fourth-order valence-electron chi connectivity index (χ4n) is 15.2. The topological polar surface area (TPSA) is 9.23 Å². The maximum absolute atomic E-state index is 7.35. The van der Waals surface area contributed by atoms with Crippen molar-refractivity contribution in [2.45, 2.75) is 516 Å². The lowest BCUT2D eigenvalue weighted by molar-refractivity contribution is 0.307. The van der Waals surface area contributed by atoms with Gasteiger partial charge in [0.05, 0.1) is 6.61 Å². The van der Waals surface area contributed by atoms with Crippen molar-refractivity contribution in [3.05, 3.63) is 0 Å². The third-order valence-corrected chi connectivity index (χ3v) is 29.8. The predicted molar refractivity (Wildman–Crippen MR) is 422 cm³/mol. The van der Waals surface area contributed by atoms with Crippen LogP contribution in [0.1, 0.15) is 516 Å². The number of ether oxygens (including phenoxy) is 1. The molecule has 0 heterocycles. The Morgan fingerprint density at radius 1 is 0.169 bits per heavy atom. The van der Waals surface area contributed by atoms with Gasteiger partial charge in [-0.2, -0.15) is 0 Å². The first-order valence-corrected chi connectivity index (χ1v) is 46.3. The lowest BCUT2D eigenvalue weighted by atomic mass is 10.0.